The van der Waals surface area contributed by atoms with E-state index in [-0.39, 0.29) is 11.6 Å². The van der Waals surface area contributed by atoms with E-state index in [4.69, 9.17) is 10.00 Å². The maximum Gasteiger partial charge on any atom is 0.101 e. The van der Waals surface area contributed by atoms with Crippen LogP contribution >= 0.6 is 0 Å². The molecule has 15 heavy (non-hydrogen) atoms. The molecule has 0 aromatic rings. The molecule has 1 aliphatic heterocycles. The average molecular weight is 211 g/mol. The number of hydrogen-bond donors (Lipinski definition) is 1. The Morgan fingerprint density at radius 1 is 1.47 bits per heavy atom. The SMILES string of the molecule is COC(C)(C)CC(C#N)N1CCNCC1. The predicted octanol–water partition coefficient (Wildman–Crippen LogP) is 0.599. The molecule has 0 saturated carbocycles. The fourth-order valence-corrected chi connectivity index (χ4v) is 1.80. The largest absolute Gasteiger partial charge is 0.379 e. The predicted molar refractivity (Wildman–Crippen MR) is 59.5 cm³/mol. The summed E-state index contributed by atoms with van der Waals surface area (Å²) in [5, 5.41) is 12.5. The maximum absolute atomic E-state index is 9.17. The zero-order chi connectivity index (χ0) is 11.3. The summed E-state index contributed by atoms with van der Waals surface area (Å²) in [7, 11) is 1.70. The van der Waals surface area contributed by atoms with Crippen LogP contribution in [0, 0.1) is 11.3 Å². The third kappa shape index (κ3) is 3.78. The normalized spacial score (nSPS) is 20.9. The molecule has 0 aliphatic carbocycles. The van der Waals surface area contributed by atoms with Crippen molar-refractivity contribution < 1.29 is 4.74 Å². The van der Waals surface area contributed by atoms with Crippen molar-refractivity contribution in [2.75, 3.05) is 33.3 Å². The highest BCUT2D eigenvalue weighted by Gasteiger charge is 2.27. The Balaban J connectivity index is 2.51. The Hall–Kier alpha value is -0.630. The van der Waals surface area contributed by atoms with Crippen LogP contribution in [-0.4, -0.2) is 49.8 Å². The lowest BCUT2D eigenvalue weighted by Crippen LogP contribution is -2.49. The molecule has 0 aromatic heterocycles. The number of piperazine rings is 1. The number of nitrogens with one attached hydrogen (secondary N) is 1. The fraction of sp³-hybridized carbons (Fsp3) is 0.909. The summed E-state index contributed by atoms with van der Waals surface area (Å²) in [4.78, 5) is 2.23. The summed E-state index contributed by atoms with van der Waals surface area (Å²) in [6.07, 6.45) is 0.764. The van der Waals surface area contributed by atoms with Crippen molar-refractivity contribution in [3.05, 3.63) is 0 Å². The smallest absolute Gasteiger partial charge is 0.101 e. The number of hydrogen-bond acceptors (Lipinski definition) is 4. The molecule has 1 atom stereocenters. The standard InChI is InChI=1S/C11H21N3O/c1-11(2,15-3)8-10(9-12)14-6-4-13-5-7-14/h10,13H,4-8H2,1-3H3. The number of nitrogens with zero attached hydrogens (tertiary/aromatic N) is 2. The second-order valence-electron chi connectivity index (χ2n) is 4.60. The van der Waals surface area contributed by atoms with Crippen LogP contribution in [0.2, 0.25) is 0 Å². The van der Waals surface area contributed by atoms with Crippen LogP contribution in [-0.2, 0) is 4.74 Å². The lowest BCUT2D eigenvalue weighted by molar-refractivity contribution is -0.00220. The Morgan fingerprint density at radius 2 is 2.07 bits per heavy atom. The Bertz CT molecular complexity index is 228. The highest BCUT2D eigenvalue weighted by atomic mass is 16.5. The molecule has 0 radical (unpaired) electrons. The second-order valence-corrected chi connectivity index (χ2v) is 4.60. The summed E-state index contributed by atoms with van der Waals surface area (Å²) in [5.74, 6) is 0. The van der Waals surface area contributed by atoms with E-state index in [0.717, 1.165) is 32.6 Å². The topological polar surface area (TPSA) is 48.3 Å². The molecule has 1 rings (SSSR count). The lowest BCUT2D eigenvalue weighted by atomic mass is 9.98. The van der Waals surface area contributed by atoms with Crippen molar-refractivity contribution >= 4 is 0 Å². The van der Waals surface area contributed by atoms with Crippen LogP contribution < -0.4 is 5.32 Å². The molecule has 86 valence electrons. The average Bonchev–Trinajstić information content (AvgIpc) is 2.27. The highest BCUT2D eigenvalue weighted by molar-refractivity contribution is 4.96. The van der Waals surface area contributed by atoms with E-state index in [1.54, 1.807) is 7.11 Å². The van der Waals surface area contributed by atoms with Crippen molar-refractivity contribution in [1.29, 1.82) is 5.26 Å². The highest BCUT2D eigenvalue weighted by Crippen LogP contribution is 2.19. The minimum Gasteiger partial charge on any atom is -0.379 e. The van der Waals surface area contributed by atoms with Crippen LogP contribution in [0.4, 0.5) is 0 Å². The van der Waals surface area contributed by atoms with Crippen molar-refractivity contribution in [2.45, 2.75) is 31.9 Å². The van der Waals surface area contributed by atoms with Gasteiger partial charge in [-0.15, -0.1) is 0 Å². The van der Waals surface area contributed by atoms with Gasteiger partial charge in [-0.05, 0) is 13.8 Å². The second kappa shape index (κ2) is 5.45. The summed E-state index contributed by atoms with van der Waals surface area (Å²) < 4.78 is 5.37. The first-order valence-electron chi connectivity index (χ1n) is 5.48. The van der Waals surface area contributed by atoms with Gasteiger partial charge in [-0.1, -0.05) is 0 Å². The first kappa shape index (κ1) is 12.4. The molecule has 1 N–H and O–H groups in total. The molecule has 1 unspecified atom stereocenters. The van der Waals surface area contributed by atoms with Crippen molar-refractivity contribution in [3.8, 4) is 6.07 Å². The molecule has 1 saturated heterocycles. The number of ether oxygens (including phenoxy) is 1. The quantitative estimate of drug-likeness (QED) is 0.739. The molecule has 4 heteroatoms. The van der Waals surface area contributed by atoms with Crippen LogP contribution in [0.15, 0.2) is 0 Å². The zero-order valence-electron chi connectivity index (χ0n) is 9.92. The van der Waals surface area contributed by atoms with Gasteiger partial charge >= 0.3 is 0 Å². The van der Waals surface area contributed by atoms with Crippen molar-refractivity contribution in [3.63, 3.8) is 0 Å². The van der Waals surface area contributed by atoms with Gasteiger partial charge in [0.15, 0.2) is 0 Å². The molecule has 1 heterocycles. The number of nitriles is 1. The zero-order valence-corrected chi connectivity index (χ0v) is 9.92. The maximum atomic E-state index is 9.17. The molecule has 4 nitrogen and oxygen atoms in total. The van der Waals surface area contributed by atoms with E-state index >= 15 is 0 Å². The van der Waals surface area contributed by atoms with Crippen molar-refractivity contribution in [1.82, 2.24) is 10.2 Å². The Morgan fingerprint density at radius 3 is 2.53 bits per heavy atom. The van der Waals surface area contributed by atoms with Gasteiger partial charge in [0, 0.05) is 39.7 Å². The van der Waals surface area contributed by atoms with Crippen LogP contribution in [0.5, 0.6) is 0 Å². The van der Waals surface area contributed by atoms with E-state index in [2.05, 4.69) is 16.3 Å². The van der Waals surface area contributed by atoms with Crippen LogP contribution in [0.1, 0.15) is 20.3 Å². The number of methoxy groups -OCH3 is 1. The van der Waals surface area contributed by atoms with Gasteiger partial charge in [0.2, 0.25) is 0 Å². The van der Waals surface area contributed by atoms with Gasteiger partial charge in [0.05, 0.1) is 11.7 Å². The molecular formula is C11H21N3O. The summed E-state index contributed by atoms with van der Waals surface area (Å²) in [6, 6.07) is 2.35. The van der Waals surface area contributed by atoms with Gasteiger partial charge in [0.1, 0.15) is 6.04 Å². The molecular weight excluding hydrogens is 190 g/mol. The fourth-order valence-electron chi connectivity index (χ4n) is 1.80. The van der Waals surface area contributed by atoms with E-state index < -0.39 is 0 Å². The van der Waals surface area contributed by atoms with Crippen molar-refractivity contribution in [2.24, 2.45) is 0 Å². The molecule has 1 aliphatic rings. The third-order valence-corrected chi connectivity index (χ3v) is 2.98. The van der Waals surface area contributed by atoms with E-state index in [1.165, 1.54) is 0 Å². The first-order valence-corrected chi connectivity index (χ1v) is 5.48. The van der Waals surface area contributed by atoms with Gasteiger partial charge in [-0.3, -0.25) is 4.90 Å². The van der Waals surface area contributed by atoms with Gasteiger partial charge in [-0.25, -0.2) is 0 Å². The van der Waals surface area contributed by atoms with E-state index in [9.17, 15) is 0 Å². The van der Waals surface area contributed by atoms with Gasteiger partial charge < -0.3 is 10.1 Å². The van der Waals surface area contributed by atoms with E-state index in [1.807, 2.05) is 13.8 Å². The number of rotatable bonds is 4. The molecule has 0 spiro atoms. The van der Waals surface area contributed by atoms with E-state index in [0.29, 0.717) is 0 Å². The summed E-state index contributed by atoms with van der Waals surface area (Å²) >= 11 is 0. The molecule has 0 amide bonds. The Kier molecular flexibility index (Phi) is 4.52. The molecule has 0 bridgehead atoms. The molecule has 0 aromatic carbocycles. The van der Waals surface area contributed by atoms with Crippen LogP contribution in [0.25, 0.3) is 0 Å². The lowest BCUT2D eigenvalue weighted by Gasteiger charge is -2.35. The third-order valence-electron chi connectivity index (χ3n) is 2.98. The Labute approximate surface area is 92.2 Å². The monoisotopic (exact) mass is 211 g/mol. The van der Waals surface area contributed by atoms with Gasteiger partial charge in [0.25, 0.3) is 0 Å². The van der Waals surface area contributed by atoms with Gasteiger partial charge in [-0.2, -0.15) is 5.26 Å². The first-order chi connectivity index (χ1) is 7.09. The van der Waals surface area contributed by atoms with Crippen LogP contribution in [0.3, 0.4) is 0 Å². The minimum absolute atomic E-state index is 0.0259. The summed E-state index contributed by atoms with van der Waals surface area (Å²) in [6.45, 7) is 7.92. The summed E-state index contributed by atoms with van der Waals surface area (Å²) in [5.41, 5.74) is -0.217. The molecule has 1 fully saturated rings. The minimum atomic E-state index is -0.217.